The fourth-order valence-electron chi connectivity index (χ4n) is 4.28. The molecule has 0 saturated carbocycles. The summed E-state index contributed by atoms with van der Waals surface area (Å²) in [4.78, 5) is 22.1. The van der Waals surface area contributed by atoms with Gasteiger partial charge in [-0.1, -0.05) is 29.8 Å². The van der Waals surface area contributed by atoms with E-state index in [1.54, 1.807) is 19.2 Å². The number of benzene rings is 1. The number of ether oxygens (including phenoxy) is 2. The van der Waals surface area contributed by atoms with Crippen LogP contribution in [0.3, 0.4) is 0 Å². The third kappa shape index (κ3) is 5.19. The maximum atomic E-state index is 12.2. The van der Waals surface area contributed by atoms with Gasteiger partial charge in [-0.05, 0) is 12.2 Å². The minimum atomic E-state index is -3.39. The molecule has 11 nitrogen and oxygen atoms in total. The molecule has 1 fully saturated rings. The van der Waals surface area contributed by atoms with Gasteiger partial charge in [0.15, 0.2) is 16.1 Å². The maximum Gasteiger partial charge on any atom is 0.243 e. The van der Waals surface area contributed by atoms with Crippen molar-refractivity contribution >= 4 is 62.4 Å². The summed E-state index contributed by atoms with van der Waals surface area (Å²) >= 11 is 13.1. The number of aliphatic hydroxyl groups excluding tert-OH is 1. The van der Waals surface area contributed by atoms with Gasteiger partial charge < -0.3 is 30.1 Å². The molecular weight excluding hydrogens is 545 g/mol. The first-order chi connectivity index (χ1) is 17.5. The summed E-state index contributed by atoms with van der Waals surface area (Å²) in [6.45, 7) is 3.40. The molecule has 1 aromatic carbocycles. The topological polar surface area (TPSA) is 143 Å². The van der Waals surface area contributed by atoms with E-state index in [0.717, 1.165) is 6.08 Å². The van der Waals surface area contributed by atoms with Crippen LogP contribution in [-0.4, -0.2) is 80.5 Å². The van der Waals surface area contributed by atoms with E-state index >= 15 is 0 Å². The Morgan fingerprint density at radius 1 is 1.22 bits per heavy atom. The van der Waals surface area contributed by atoms with Gasteiger partial charge in [-0.3, -0.25) is 4.79 Å². The molecule has 4 rings (SSSR count). The Labute approximate surface area is 224 Å². The molecule has 1 saturated heterocycles. The predicted octanol–water partition coefficient (Wildman–Crippen LogP) is 1.99. The molecule has 2 aliphatic heterocycles. The number of hydrogen-bond acceptors (Lipinski definition) is 10. The van der Waals surface area contributed by atoms with Crippen LogP contribution < -0.4 is 25.0 Å². The Morgan fingerprint density at radius 2 is 1.84 bits per heavy atom. The third-order valence-corrected chi connectivity index (χ3v) is 8.61. The Hall–Kier alpha value is -3.06. The molecule has 0 aliphatic carbocycles. The van der Waals surface area contributed by atoms with Gasteiger partial charge in [-0.15, -0.1) is 0 Å². The van der Waals surface area contributed by atoms with Gasteiger partial charge in [-0.2, -0.15) is 4.98 Å². The zero-order chi connectivity index (χ0) is 27.1. The molecule has 3 heterocycles. The minimum Gasteiger partial charge on any atom is -0.495 e. The van der Waals surface area contributed by atoms with Crippen LogP contribution in [-0.2, 0) is 14.6 Å². The van der Waals surface area contributed by atoms with Crippen molar-refractivity contribution in [2.45, 2.75) is 18.3 Å². The number of carbonyl (C=O) groups excluding carboxylic acids is 1. The van der Waals surface area contributed by atoms with Crippen LogP contribution in [0.2, 0.25) is 10.0 Å². The fourth-order valence-corrected chi connectivity index (χ4v) is 6.86. The lowest BCUT2D eigenvalue weighted by Crippen LogP contribution is -2.45. The van der Waals surface area contributed by atoms with E-state index in [2.05, 4.69) is 27.2 Å². The maximum absolute atomic E-state index is 12.2. The van der Waals surface area contributed by atoms with Crippen LogP contribution in [0.5, 0.6) is 11.5 Å². The van der Waals surface area contributed by atoms with E-state index in [9.17, 15) is 18.3 Å². The molecule has 37 heavy (non-hydrogen) atoms. The summed E-state index contributed by atoms with van der Waals surface area (Å²) in [6, 6.07) is 0.215. The second-order valence-corrected chi connectivity index (χ2v) is 11.4. The van der Waals surface area contributed by atoms with Crippen LogP contribution in [0.25, 0.3) is 11.6 Å². The first-order valence-corrected chi connectivity index (χ1v) is 13.6. The van der Waals surface area contributed by atoms with Crippen LogP contribution in [0.15, 0.2) is 24.9 Å². The lowest BCUT2D eigenvalue weighted by atomic mass is 9.97. The zero-order valence-electron chi connectivity index (χ0n) is 20.2. The van der Waals surface area contributed by atoms with E-state index in [0.29, 0.717) is 34.0 Å². The molecule has 3 atom stereocenters. The second-order valence-electron chi connectivity index (χ2n) is 8.49. The van der Waals surface area contributed by atoms with Crippen LogP contribution in [0.1, 0.15) is 11.1 Å². The Kier molecular flexibility index (Phi) is 7.56. The number of rotatable bonds is 7. The van der Waals surface area contributed by atoms with Crippen molar-refractivity contribution in [3.8, 4) is 11.5 Å². The zero-order valence-corrected chi connectivity index (χ0v) is 22.5. The number of likely N-dealkylation sites (N-methyl/N-ethyl adjacent to an activating group) is 1. The third-order valence-electron chi connectivity index (χ3n) is 6.13. The number of methoxy groups -OCH3 is 2. The number of aliphatic hydroxyl groups is 1. The van der Waals surface area contributed by atoms with Gasteiger partial charge in [-0.25, -0.2) is 13.4 Å². The molecule has 3 N–H and O–H groups in total. The number of amides is 1. The lowest BCUT2D eigenvalue weighted by Gasteiger charge is -2.33. The SMILES string of the molecule is C=CC(=O)NC1CS(=O)(=O)CC1Nc1ncc2c(n1)N(C)C(O)C(c1c(Cl)c(OC)cc(OC)c1Cl)=C2. The average molecular weight is 570 g/mol. The lowest BCUT2D eigenvalue weighted by molar-refractivity contribution is -0.117. The molecule has 1 aromatic heterocycles. The quantitative estimate of drug-likeness (QED) is 0.423. The van der Waals surface area contributed by atoms with E-state index in [1.807, 2.05) is 0 Å². The number of nitrogens with zero attached hydrogens (tertiary/aromatic N) is 3. The fraction of sp³-hybridized carbons (Fsp3) is 0.348. The summed E-state index contributed by atoms with van der Waals surface area (Å²) in [7, 11) is 1.15. The van der Waals surface area contributed by atoms with Crippen molar-refractivity contribution in [3.63, 3.8) is 0 Å². The molecule has 2 aliphatic rings. The summed E-state index contributed by atoms with van der Waals surface area (Å²) in [5, 5.41) is 17.2. The highest BCUT2D eigenvalue weighted by Crippen LogP contribution is 2.47. The van der Waals surface area contributed by atoms with Crippen LogP contribution in [0, 0.1) is 0 Å². The predicted molar refractivity (Wildman–Crippen MR) is 142 cm³/mol. The van der Waals surface area contributed by atoms with Crippen molar-refractivity contribution in [1.82, 2.24) is 15.3 Å². The van der Waals surface area contributed by atoms with E-state index in [4.69, 9.17) is 32.7 Å². The van der Waals surface area contributed by atoms with Crippen molar-refractivity contribution in [2.24, 2.45) is 0 Å². The van der Waals surface area contributed by atoms with Crippen molar-refractivity contribution in [3.05, 3.63) is 46.1 Å². The molecule has 1 amide bonds. The largest absolute Gasteiger partial charge is 0.495 e. The summed E-state index contributed by atoms with van der Waals surface area (Å²) in [6.07, 6.45) is 3.05. The Bertz CT molecular complexity index is 1370. The number of aromatic nitrogens is 2. The highest BCUT2D eigenvalue weighted by atomic mass is 35.5. The van der Waals surface area contributed by atoms with E-state index in [-0.39, 0.29) is 27.5 Å². The molecule has 0 radical (unpaired) electrons. The van der Waals surface area contributed by atoms with Gasteiger partial charge in [0.2, 0.25) is 11.9 Å². The average Bonchev–Trinajstić information content (AvgIpc) is 3.14. The number of hydrogen-bond donors (Lipinski definition) is 3. The van der Waals surface area contributed by atoms with Gasteiger partial charge in [0.05, 0.1) is 47.9 Å². The number of nitrogens with one attached hydrogen (secondary N) is 2. The summed E-state index contributed by atoms with van der Waals surface area (Å²) in [5.41, 5.74) is 1.27. The Morgan fingerprint density at radius 3 is 2.43 bits per heavy atom. The summed E-state index contributed by atoms with van der Waals surface area (Å²) < 4.78 is 35.1. The second kappa shape index (κ2) is 10.4. The molecule has 0 bridgehead atoms. The number of anilines is 2. The first kappa shape index (κ1) is 27.0. The van der Waals surface area contributed by atoms with Gasteiger partial charge in [0.1, 0.15) is 17.3 Å². The first-order valence-electron chi connectivity index (χ1n) is 11.0. The molecular formula is C23H25Cl2N5O6S. The van der Waals surface area contributed by atoms with Gasteiger partial charge in [0.25, 0.3) is 0 Å². The molecule has 14 heteroatoms. The highest BCUT2D eigenvalue weighted by molar-refractivity contribution is 7.91. The monoisotopic (exact) mass is 569 g/mol. The molecule has 2 aromatic rings. The number of halogens is 2. The smallest absolute Gasteiger partial charge is 0.243 e. The normalized spacial score (nSPS) is 22.1. The number of carbonyl (C=O) groups is 1. The molecule has 198 valence electrons. The highest BCUT2D eigenvalue weighted by Gasteiger charge is 2.39. The molecule has 3 unspecified atom stereocenters. The minimum absolute atomic E-state index is 0.133. The number of sulfone groups is 1. The van der Waals surface area contributed by atoms with E-state index < -0.39 is 34.1 Å². The van der Waals surface area contributed by atoms with Gasteiger partial charge in [0, 0.05) is 36.0 Å². The number of fused-ring (bicyclic) bond motifs is 1. The van der Waals surface area contributed by atoms with Crippen molar-refractivity contribution in [1.29, 1.82) is 0 Å². The van der Waals surface area contributed by atoms with Crippen LogP contribution in [0.4, 0.5) is 11.8 Å². The standard InChI is InChI=1S/C23H25Cl2N5O6S/c1-5-17(31)27-13-9-37(33,34)10-14(13)28-23-26-8-11-6-12(22(32)30(2)21(11)29-23)18-19(24)15(35-3)7-16(36-4)20(18)25/h5-8,13-14,22,32H,1,9-10H2,2-4H3,(H,27,31)(H,26,28,29). The van der Waals surface area contributed by atoms with Crippen molar-refractivity contribution < 1.29 is 27.8 Å². The Balaban J connectivity index is 1.70. The van der Waals surface area contributed by atoms with Crippen LogP contribution >= 0.6 is 23.2 Å². The summed E-state index contributed by atoms with van der Waals surface area (Å²) in [5.74, 6) is 0.252. The van der Waals surface area contributed by atoms with Gasteiger partial charge >= 0.3 is 0 Å². The van der Waals surface area contributed by atoms with Crippen molar-refractivity contribution in [2.75, 3.05) is 43.0 Å². The van der Waals surface area contributed by atoms with E-state index in [1.165, 1.54) is 25.3 Å². The molecule has 0 spiro atoms.